The second kappa shape index (κ2) is 11.0. The molecule has 2 aromatic rings. The first-order valence-corrected chi connectivity index (χ1v) is 12.2. The molecule has 2 atom stereocenters. The van der Waals surface area contributed by atoms with Crippen molar-refractivity contribution in [3.63, 3.8) is 0 Å². The van der Waals surface area contributed by atoms with Crippen molar-refractivity contribution in [1.29, 1.82) is 0 Å². The highest BCUT2D eigenvalue weighted by molar-refractivity contribution is 6.46. The van der Waals surface area contributed by atoms with Gasteiger partial charge in [-0.1, -0.05) is 31.9 Å². The maximum atomic E-state index is 13.2. The minimum absolute atomic E-state index is 0.0575. The zero-order chi connectivity index (χ0) is 24.9. The summed E-state index contributed by atoms with van der Waals surface area (Å²) in [6.07, 6.45) is 3.92. The average Bonchev–Trinajstić information content (AvgIpc) is 3.35. The fraction of sp³-hybridized carbons (Fsp3) is 0.429. The smallest absolute Gasteiger partial charge is 0.295 e. The van der Waals surface area contributed by atoms with Gasteiger partial charge in [0.2, 0.25) is 0 Å². The number of Topliss-reactive ketones (excluding diaryl/α,β-unsaturated/α-hetero) is 1. The molecule has 2 heterocycles. The first kappa shape index (κ1) is 24.8. The molecule has 4 rings (SSSR count). The third-order valence-electron chi connectivity index (χ3n) is 6.44. The number of aliphatic hydroxyl groups is 1. The quantitative estimate of drug-likeness (QED) is 0.231. The van der Waals surface area contributed by atoms with E-state index in [0.29, 0.717) is 23.5 Å². The number of likely N-dealkylation sites (tertiary alicyclic amines) is 1. The van der Waals surface area contributed by atoms with Crippen LogP contribution >= 0.6 is 0 Å². The van der Waals surface area contributed by atoms with Crippen molar-refractivity contribution >= 4 is 17.4 Å². The fourth-order valence-corrected chi connectivity index (χ4v) is 4.69. The summed E-state index contributed by atoms with van der Waals surface area (Å²) in [4.78, 5) is 27.7. The predicted octanol–water partition coefficient (Wildman–Crippen LogP) is 4.65. The Morgan fingerprint density at radius 2 is 1.97 bits per heavy atom. The molecule has 0 unspecified atom stereocenters. The predicted molar refractivity (Wildman–Crippen MR) is 133 cm³/mol. The van der Waals surface area contributed by atoms with Crippen LogP contribution in [0.15, 0.2) is 48.0 Å². The van der Waals surface area contributed by atoms with Gasteiger partial charge in [0.25, 0.3) is 11.7 Å². The molecule has 1 amide bonds. The number of amides is 1. The zero-order valence-corrected chi connectivity index (χ0v) is 20.6. The van der Waals surface area contributed by atoms with Crippen LogP contribution in [-0.4, -0.2) is 54.7 Å². The summed E-state index contributed by atoms with van der Waals surface area (Å²) in [6, 6.07) is 12.0. The van der Waals surface area contributed by atoms with Crippen LogP contribution in [0.25, 0.3) is 5.76 Å². The number of ketones is 1. The summed E-state index contributed by atoms with van der Waals surface area (Å²) in [5, 5.41) is 11.3. The second-order valence-corrected chi connectivity index (χ2v) is 9.07. The third-order valence-corrected chi connectivity index (χ3v) is 6.44. The summed E-state index contributed by atoms with van der Waals surface area (Å²) in [5.74, 6) is -0.104. The van der Waals surface area contributed by atoms with E-state index in [0.717, 1.165) is 37.0 Å². The van der Waals surface area contributed by atoms with E-state index in [-0.39, 0.29) is 30.6 Å². The molecule has 0 bridgehead atoms. The fourth-order valence-electron chi connectivity index (χ4n) is 4.69. The molecule has 1 N–H and O–H groups in total. The van der Waals surface area contributed by atoms with Gasteiger partial charge in [-0.25, -0.2) is 0 Å². The van der Waals surface area contributed by atoms with Gasteiger partial charge in [0.05, 0.1) is 24.8 Å². The molecule has 0 saturated carbocycles. The number of carbonyl (C=O) groups excluding carboxylic acids is 2. The van der Waals surface area contributed by atoms with Gasteiger partial charge >= 0.3 is 0 Å². The molecule has 1 saturated heterocycles. The van der Waals surface area contributed by atoms with Crippen LogP contribution in [0.5, 0.6) is 11.5 Å². The SMILES string of the molecule is CCCCCOc1cccc([C@H]2C(=C(O)c3ccc4c(c3)C[C@@H](C)O4)C(=O)C(=O)N2CCOC)c1. The van der Waals surface area contributed by atoms with Crippen LogP contribution in [0.4, 0.5) is 0 Å². The highest BCUT2D eigenvalue weighted by Gasteiger charge is 2.46. The first-order valence-electron chi connectivity index (χ1n) is 12.2. The van der Waals surface area contributed by atoms with Crippen LogP contribution < -0.4 is 9.47 Å². The van der Waals surface area contributed by atoms with E-state index in [1.54, 1.807) is 19.2 Å². The molecule has 0 spiro atoms. The Morgan fingerprint density at radius 1 is 1.14 bits per heavy atom. The van der Waals surface area contributed by atoms with E-state index in [9.17, 15) is 14.7 Å². The Balaban J connectivity index is 1.73. The maximum Gasteiger partial charge on any atom is 0.295 e. The lowest BCUT2D eigenvalue weighted by atomic mass is 9.94. The second-order valence-electron chi connectivity index (χ2n) is 9.07. The Kier molecular flexibility index (Phi) is 7.76. The topological polar surface area (TPSA) is 85.3 Å². The van der Waals surface area contributed by atoms with Crippen LogP contribution in [0.2, 0.25) is 0 Å². The number of ether oxygens (including phenoxy) is 3. The van der Waals surface area contributed by atoms with Crippen molar-refractivity contribution in [3.05, 3.63) is 64.7 Å². The van der Waals surface area contributed by atoms with E-state index in [4.69, 9.17) is 14.2 Å². The first-order chi connectivity index (χ1) is 16.9. The largest absolute Gasteiger partial charge is 0.507 e. The molecule has 7 heteroatoms. The molecular formula is C28H33NO6. The third kappa shape index (κ3) is 5.20. The zero-order valence-electron chi connectivity index (χ0n) is 20.6. The lowest BCUT2D eigenvalue weighted by Gasteiger charge is -2.25. The number of rotatable bonds is 10. The van der Waals surface area contributed by atoms with Crippen molar-refractivity contribution < 1.29 is 28.9 Å². The van der Waals surface area contributed by atoms with Crippen molar-refractivity contribution in [2.24, 2.45) is 0 Å². The Bertz CT molecular complexity index is 1120. The van der Waals surface area contributed by atoms with Crippen molar-refractivity contribution in [1.82, 2.24) is 4.90 Å². The van der Waals surface area contributed by atoms with Crippen LogP contribution in [0.3, 0.4) is 0 Å². The van der Waals surface area contributed by atoms with Gasteiger partial charge in [0.1, 0.15) is 23.4 Å². The monoisotopic (exact) mass is 479 g/mol. The van der Waals surface area contributed by atoms with Gasteiger partial charge < -0.3 is 24.2 Å². The highest BCUT2D eigenvalue weighted by atomic mass is 16.5. The molecule has 0 aliphatic carbocycles. The number of fused-ring (bicyclic) bond motifs is 1. The number of unbranched alkanes of at least 4 members (excludes halogenated alkanes) is 2. The minimum Gasteiger partial charge on any atom is -0.507 e. The van der Waals surface area contributed by atoms with E-state index >= 15 is 0 Å². The normalized spacial score (nSPS) is 20.7. The molecule has 2 aromatic carbocycles. The van der Waals surface area contributed by atoms with Gasteiger partial charge in [0.15, 0.2) is 0 Å². The summed E-state index contributed by atoms with van der Waals surface area (Å²) < 4.78 is 16.9. The van der Waals surface area contributed by atoms with Crippen LogP contribution in [0.1, 0.15) is 55.8 Å². The van der Waals surface area contributed by atoms with Crippen LogP contribution in [0, 0.1) is 0 Å². The minimum atomic E-state index is -0.743. The molecule has 0 aromatic heterocycles. The molecule has 0 radical (unpaired) electrons. The number of benzene rings is 2. The Labute approximate surface area is 206 Å². The maximum absolute atomic E-state index is 13.2. The summed E-state index contributed by atoms with van der Waals surface area (Å²) in [7, 11) is 1.55. The number of aliphatic hydroxyl groups excluding tert-OH is 1. The average molecular weight is 480 g/mol. The molecule has 2 aliphatic rings. The summed E-state index contributed by atoms with van der Waals surface area (Å²) in [6.45, 7) is 5.21. The Morgan fingerprint density at radius 3 is 2.74 bits per heavy atom. The molecule has 2 aliphatic heterocycles. The number of hydrogen-bond donors (Lipinski definition) is 1. The molecule has 7 nitrogen and oxygen atoms in total. The number of carbonyl (C=O) groups is 2. The van der Waals surface area contributed by atoms with E-state index in [2.05, 4.69) is 6.92 Å². The van der Waals surface area contributed by atoms with Crippen LogP contribution in [-0.2, 0) is 20.7 Å². The van der Waals surface area contributed by atoms with Crippen molar-refractivity contribution in [3.8, 4) is 11.5 Å². The van der Waals surface area contributed by atoms with Gasteiger partial charge in [-0.15, -0.1) is 0 Å². The molecule has 35 heavy (non-hydrogen) atoms. The van der Waals surface area contributed by atoms with Crippen molar-refractivity contribution in [2.45, 2.75) is 51.7 Å². The number of nitrogens with zero attached hydrogens (tertiary/aromatic N) is 1. The van der Waals surface area contributed by atoms with Gasteiger partial charge in [-0.2, -0.15) is 0 Å². The molecular weight excluding hydrogens is 446 g/mol. The van der Waals surface area contributed by atoms with Gasteiger partial charge in [0, 0.05) is 25.6 Å². The van der Waals surface area contributed by atoms with E-state index in [1.165, 1.54) is 4.90 Å². The molecule has 186 valence electrons. The number of methoxy groups -OCH3 is 1. The Hall–Kier alpha value is -3.32. The van der Waals surface area contributed by atoms with E-state index in [1.807, 2.05) is 37.3 Å². The highest BCUT2D eigenvalue weighted by Crippen LogP contribution is 2.41. The van der Waals surface area contributed by atoms with Crippen molar-refractivity contribution in [2.75, 3.05) is 26.9 Å². The van der Waals surface area contributed by atoms with Gasteiger partial charge in [-0.05, 0) is 54.8 Å². The summed E-state index contributed by atoms with van der Waals surface area (Å²) in [5.41, 5.74) is 2.23. The number of hydrogen-bond acceptors (Lipinski definition) is 6. The van der Waals surface area contributed by atoms with Gasteiger partial charge in [-0.3, -0.25) is 9.59 Å². The summed E-state index contributed by atoms with van der Waals surface area (Å²) >= 11 is 0. The standard InChI is InChI=1S/C28H33NO6/c1-4-5-6-13-34-22-9-7-8-19(17-22)25-24(27(31)28(32)29(25)12-14-33-3)26(30)20-10-11-23-21(16-20)15-18(2)35-23/h7-11,16-18,25,30H,4-6,12-15H2,1-3H3/t18-,25+/m1/s1. The molecule has 1 fully saturated rings. The lowest BCUT2D eigenvalue weighted by molar-refractivity contribution is -0.140. The lowest BCUT2D eigenvalue weighted by Crippen LogP contribution is -2.32. The van der Waals surface area contributed by atoms with E-state index < -0.39 is 17.7 Å².